The molecule has 0 aliphatic carbocycles. The van der Waals surface area contributed by atoms with E-state index in [1.165, 1.54) is 6.42 Å². The molecule has 1 aromatic heterocycles. The van der Waals surface area contributed by atoms with Crippen LogP contribution in [0.25, 0.3) is 0 Å². The molecule has 0 aromatic carbocycles. The van der Waals surface area contributed by atoms with Gasteiger partial charge in [0.25, 0.3) is 0 Å². The highest BCUT2D eigenvalue weighted by Crippen LogP contribution is 2.25. The fraction of sp³-hybridized carbons (Fsp3) is 0.733. The van der Waals surface area contributed by atoms with Crippen molar-refractivity contribution >= 4 is 17.4 Å². The quantitative estimate of drug-likeness (QED) is 0.645. The third-order valence-electron chi connectivity index (χ3n) is 3.08. The van der Waals surface area contributed by atoms with Gasteiger partial charge in [0, 0.05) is 17.5 Å². The molecule has 0 saturated heterocycles. The summed E-state index contributed by atoms with van der Waals surface area (Å²) in [5.41, 5.74) is 0.825. The summed E-state index contributed by atoms with van der Waals surface area (Å²) in [6.07, 6.45) is 2.29. The molecule has 0 saturated carbocycles. The van der Waals surface area contributed by atoms with E-state index in [2.05, 4.69) is 55.1 Å². The zero-order chi connectivity index (χ0) is 15.3. The SMILES string of the molecule is Cc1c(Cl)nc(C(C)(C)C)nc1NCCCCN(C)C. The zero-order valence-electron chi connectivity index (χ0n) is 13.5. The van der Waals surface area contributed by atoms with Gasteiger partial charge in [0.15, 0.2) is 0 Å². The largest absolute Gasteiger partial charge is 0.370 e. The molecule has 0 spiro atoms. The van der Waals surface area contributed by atoms with E-state index < -0.39 is 0 Å². The van der Waals surface area contributed by atoms with Gasteiger partial charge >= 0.3 is 0 Å². The minimum absolute atomic E-state index is 0.0985. The molecule has 0 atom stereocenters. The Balaban J connectivity index is 2.67. The van der Waals surface area contributed by atoms with Gasteiger partial charge in [-0.3, -0.25) is 0 Å². The third kappa shape index (κ3) is 5.25. The summed E-state index contributed by atoms with van der Waals surface area (Å²) < 4.78 is 0. The summed E-state index contributed by atoms with van der Waals surface area (Å²) in [7, 11) is 4.19. The van der Waals surface area contributed by atoms with Crippen LogP contribution < -0.4 is 5.32 Å². The molecule has 0 fully saturated rings. The second-order valence-corrected chi connectivity index (χ2v) is 6.86. The number of hydrogen-bond donors (Lipinski definition) is 1. The molecule has 1 rings (SSSR count). The smallest absolute Gasteiger partial charge is 0.137 e. The molecular formula is C15H27ClN4. The molecule has 5 heteroatoms. The van der Waals surface area contributed by atoms with Gasteiger partial charge in [-0.05, 0) is 40.4 Å². The molecule has 0 unspecified atom stereocenters. The summed E-state index contributed by atoms with van der Waals surface area (Å²) in [6.45, 7) is 10.2. The number of nitrogens with one attached hydrogen (secondary N) is 1. The molecule has 0 radical (unpaired) electrons. The van der Waals surface area contributed by atoms with Crippen molar-refractivity contribution in [3.8, 4) is 0 Å². The van der Waals surface area contributed by atoms with Crippen molar-refractivity contribution in [1.29, 1.82) is 0 Å². The zero-order valence-corrected chi connectivity index (χ0v) is 14.3. The lowest BCUT2D eigenvalue weighted by molar-refractivity contribution is 0.396. The third-order valence-corrected chi connectivity index (χ3v) is 3.45. The van der Waals surface area contributed by atoms with Crippen LogP contribution in [0.2, 0.25) is 5.15 Å². The Bertz CT molecular complexity index is 438. The Hall–Kier alpha value is -0.870. The Labute approximate surface area is 127 Å². The van der Waals surface area contributed by atoms with Gasteiger partial charge in [-0.25, -0.2) is 9.97 Å². The lowest BCUT2D eigenvalue weighted by Crippen LogP contribution is -2.19. The fourth-order valence-corrected chi connectivity index (χ4v) is 1.93. The molecule has 0 bridgehead atoms. The number of unbranched alkanes of at least 4 members (excludes halogenated alkanes) is 1. The van der Waals surface area contributed by atoms with Crippen LogP contribution in [0.15, 0.2) is 0 Å². The first-order chi connectivity index (χ1) is 9.21. The van der Waals surface area contributed by atoms with Crippen molar-refractivity contribution in [3.05, 3.63) is 16.5 Å². The lowest BCUT2D eigenvalue weighted by Gasteiger charge is -2.19. The number of rotatable bonds is 6. The molecule has 0 aliphatic heterocycles. The molecule has 4 nitrogen and oxygen atoms in total. The highest BCUT2D eigenvalue weighted by Gasteiger charge is 2.20. The van der Waals surface area contributed by atoms with E-state index in [1.54, 1.807) is 0 Å². The fourth-order valence-electron chi connectivity index (χ4n) is 1.76. The van der Waals surface area contributed by atoms with Crippen LogP contribution in [0.5, 0.6) is 0 Å². The van der Waals surface area contributed by atoms with Crippen LogP contribution in [0.4, 0.5) is 5.82 Å². The normalized spacial score (nSPS) is 12.0. The van der Waals surface area contributed by atoms with Gasteiger partial charge < -0.3 is 10.2 Å². The lowest BCUT2D eigenvalue weighted by atomic mass is 9.95. The van der Waals surface area contributed by atoms with Crippen molar-refractivity contribution in [1.82, 2.24) is 14.9 Å². The van der Waals surface area contributed by atoms with Crippen LogP contribution in [-0.2, 0) is 5.41 Å². The number of nitrogens with zero attached hydrogens (tertiary/aromatic N) is 3. The van der Waals surface area contributed by atoms with Crippen LogP contribution in [0, 0.1) is 6.92 Å². The Morgan fingerprint density at radius 1 is 1.15 bits per heavy atom. The van der Waals surface area contributed by atoms with E-state index in [4.69, 9.17) is 11.6 Å². The van der Waals surface area contributed by atoms with Crippen LogP contribution in [0.1, 0.15) is 45.0 Å². The van der Waals surface area contributed by atoms with E-state index in [-0.39, 0.29) is 5.41 Å². The van der Waals surface area contributed by atoms with Gasteiger partial charge in [0.05, 0.1) is 0 Å². The molecule has 0 amide bonds. The van der Waals surface area contributed by atoms with Gasteiger partial charge in [-0.1, -0.05) is 32.4 Å². The van der Waals surface area contributed by atoms with Gasteiger partial charge in [-0.15, -0.1) is 0 Å². The van der Waals surface area contributed by atoms with Gasteiger partial charge in [0.1, 0.15) is 16.8 Å². The van der Waals surface area contributed by atoms with Crippen molar-refractivity contribution in [3.63, 3.8) is 0 Å². The summed E-state index contributed by atoms with van der Waals surface area (Å²) in [6, 6.07) is 0. The van der Waals surface area contributed by atoms with E-state index >= 15 is 0 Å². The average Bonchev–Trinajstić information content (AvgIpc) is 2.31. The molecular weight excluding hydrogens is 272 g/mol. The predicted octanol–water partition coefficient (Wildman–Crippen LogP) is 3.49. The van der Waals surface area contributed by atoms with Gasteiger partial charge in [-0.2, -0.15) is 0 Å². The minimum atomic E-state index is -0.0985. The average molecular weight is 299 g/mol. The maximum atomic E-state index is 6.21. The first-order valence-corrected chi connectivity index (χ1v) is 7.53. The van der Waals surface area contributed by atoms with Crippen LogP contribution >= 0.6 is 11.6 Å². The Kier molecular flexibility index (Phi) is 6.21. The number of aromatic nitrogens is 2. The number of hydrogen-bond acceptors (Lipinski definition) is 4. The highest BCUT2D eigenvalue weighted by molar-refractivity contribution is 6.30. The monoisotopic (exact) mass is 298 g/mol. The Morgan fingerprint density at radius 3 is 2.35 bits per heavy atom. The first-order valence-electron chi connectivity index (χ1n) is 7.15. The topological polar surface area (TPSA) is 41.1 Å². The van der Waals surface area contributed by atoms with Crippen molar-refractivity contribution in [2.45, 2.75) is 46.0 Å². The van der Waals surface area contributed by atoms with E-state index in [0.717, 1.165) is 36.7 Å². The van der Waals surface area contributed by atoms with Gasteiger partial charge in [0.2, 0.25) is 0 Å². The van der Waals surface area contributed by atoms with E-state index in [9.17, 15) is 0 Å². The maximum Gasteiger partial charge on any atom is 0.137 e. The van der Waals surface area contributed by atoms with E-state index in [0.29, 0.717) is 5.15 Å². The van der Waals surface area contributed by atoms with Crippen LogP contribution in [0.3, 0.4) is 0 Å². The molecule has 114 valence electrons. The molecule has 0 aliphatic rings. The first kappa shape index (κ1) is 17.2. The predicted molar refractivity (Wildman–Crippen MR) is 86.8 cm³/mol. The minimum Gasteiger partial charge on any atom is -0.370 e. The van der Waals surface area contributed by atoms with Crippen molar-refractivity contribution < 1.29 is 0 Å². The second-order valence-electron chi connectivity index (χ2n) is 6.50. The molecule has 1 aromatic rings. The number of halogens is 1. The highest BCUT2D eigenvalue weighted by atomic mass is 35.5. The second kappa shape index (κ2) is 7.23. The Morgan fingerprint density at radius 2 is 1.80 bits per heavy atom. The standard InChI is InChI=1S/C15H27ClN4/c1-11-12(16)18-14(15(2,3)4)19-13(11)17-9-7-8-10-20(5)6/h7-10H2,1-6H3,(H,17,18,19). The maximum absolute atomic E-state index is 6.21. The van der Waals surface area contributed by atoms with E-state index in [1.807, 2.05) is 6.92 Å². The van der Waals surface area contributed by atoms with Crippen molar-refractivity contribution in [2.75, 3.05) is 32.5 Å². The molecule has 1 N–H and O–H groups in total. The summed E-state index contributed by atoms with van der Waals surface area (Å²) in [5.74, 6) is 1.64. The molecule has 1 heterocycles. The van der Waals surface area contributed by atoms with Crippen LogP contribution in [-0.4, -0.2) is 42.1 Å². The van der Waals surface area contributed by atoms with Crippen molar-refractivity contribution in [2.24, 2.45) is 0 Å². The summed E-state index contributed by atoms with van der Waals surface area (Å²) >= 11 is 6.21. The summed E-state index contributed by atoms with van der Waals surface area (Å²) in [4.78, 5) is 11.2. The molecule has 20 heavy (non-hydrogen) atoms. The summed E-state index contributed by atoms with van der Waals surface area (Å²) in [5, 5.41) is 3.93. The number of anilines is 1.